The summed E-state index contributed by atoms with van der Waals surface area (Å²) in [7, 11) is 0. The van der Waals surface area contributed by atoms with Gasteiger partial charge in [-0.05, 0) is 31.4 Å². The van der Waals surface area contributed by atoms with Gasteiger partial charge >= 0.3 is 0 Å². The van der Waals surface area contributed by atoms with Crippen LogP contribution in [0, 0.1) is 18.7 Å². The van der Waals surface area contributed by atoms with E-state index < -0.39 is 0 Å². The minimum absolute atomic E-state index is 0.0650. The lowest BCUT2D eigenvalue weighted by molar-refractivity contribution is 0.397. The Kier molecular flexibility index (Phi) is 4.94. The first-order chi connectivity index (χ1) is 7.57. The van der Waals surface area contributed by atoms with E-state index >= 15 is 0 Å². The third-order valence-electron chi connectivity index (χ3n) is 2.84. The molecule has 90 valence electrons. The number of nitrogens with one attached hydrogen (secondary N) is 1. The van der Waals surface area contributed by atoms with E-state index in [1.165, 1.54) is 0 Å². The Bertz CT molecular complexity index is 334. The van der Waals surface area contributed by atoms with Crippen LogP contribution in [0.25, 0.3) is 0 Å². The first-order valence-electron chi connectivity index (χ1n) is 6.06. The van der Waals surface area contributed by atoms with Crippen molar-refractivity contribution in [3.8, 4) is 0 Å². The molecule has 1 unspecified atom stereocenters. The van der Waals surface area contributed by atoms with Gasteiger partial charge in [-0.15, -0.1) is 0 Å². The standard InChI is InChI=1S/C14H22FN/c1-5-9-16-14(10(2)3)12-8-6-7-11(4)13(12)15/h6-8,10,14,16H,5,9H2,1-4H3. The molecule has 1 N–H and O–H groups in total. The van der Waals surface area contributed by atoms with Crippen LogP contribution in [0.5, 0.6) is 0 Å². The summed E-state index contributed by atoms with van der Waals surface area (Å²) in [6.07, 6.45) is 1.07. The number of hydrogen-bond donors (Lipinski definition) is 1. The maximum Gasteiger partial charge on any atom is 0.130 e. The Morgan fingerprint density at radius 2 is 2.00 bits per heavy atom. The number of halogens is 1. The summed E-state index contributed by atoms with van der Waals surface area (Å²) in [6, 6.07) is 5.74. The van der Waals surface area contributed by atoms with Gasteiger partial charge in [0.2, 0.25) is 0 Å². The van der Waals surface area contributed by atoms with Crippen LogP contribution in [-0.4, -0.2) is 6.54 Å². The predicted molar refractivity (Wildman–Crippen MR) is 67.0 cm³/mol. The summed E-state index contributed by atoms with van der Waals surface area (Å²) in [5.41, 5.74) is 1.52. The highest BCUT2D eigenvalue weighted by molar-refractivity contribution is 5.27. The Morgan fingerprint density at radius 1 is 1.31 bits per heavy atom. The molecule has 0 fully saturated rings. The minimum atomic E-state index is -0.0650. The Labute approximate surface area is 98.1 Å². The Balaban J connectivity index is 2.96. The quantitative estimate of drug-likeness (QED) is 0.800. The van der Waals surface area contributed by atoms with Crippen molar-refractivity contribution < 1.29 is 4.39 Å². The normalized spacial score (nSPS) is 13.1. The molecule has 1 nitrogen and oxygen atoms in total. The van der Waals surface area contributed by atoms with Crippen LogP contribution in [0.15, 0.2) is 18.2 Å². The largest absolute Gasteiger partial charge is 0.310 e. The van der Waals surface area contributed by atoms with Crippen molar-refractivity contribution in [3.05, 3.63) is 35.1 Å². The van der Waals surface area contributed by atoms with Crippen LogP contribution < -0.4 is 5.32 Å². The molecule has 0 aromatic heterocycles. The summed E-state index contributed by atoms with van der Waals surface area (Å²) in [5, 5.41) is 3.41. The lowest BCUT2D eigenvalue weighted by Crippen LogP contribution is -2.27. The fourth-order valence-corrected chi connectivity index (χ4v) is 1.91. The van der Waals surface area contributed by atoms with Crippen LogP contribution >= 0.6 is 0 Å². The van der Waals surface area contributed by atoms with E-state index in [9.17, 15) is 4.39 Å². The van der Waals surface area contributed by atoms with Gasteiger partial charge in [0.05, 0.1) is 0 Å². The van der Waals surface area contributed by atoms with E-state index in [2.05, 4.69) is 26.1 Å². The van der Waals surface area contributed by atoms with Gasteiger partial charge in [0, 0.05) is 11.6 Å². The molecular formula is C14H22FN. The second-order valence-corrected chi connectivity index (χ2v) is 4.65. The number of benzene rings is 1. The van der Waals surface area contributed by atoms with Gasteiger partial charge < -0.3 is 5.32 Å². The first-order valence-corrected chi connectivity index (χ1v) is 6.06. The zero-order valence-corrected chi connectivity index (χ0v) is 10.7. The van der Waals surface area contributed by atoms with Gasteiger partial charge in [0.25, 0.3) is 0 Å². The smallest absolute Gasteiger partial charge is 0.130 e. The maximum absolute atomic E-state index is 14.0. The molecule has 0 spiro atoms. The maximum atomic E-state index is 14.0. The molecule has 1 rings (SSSR count). The molecule has 0 heterocycles. The number of hydrogen-bond acceptors (Lipinski definition) is 1. The van der Waals surface area contributed by atoms with Gasteiger partial charge in [-0.1, -0.05) is 39.0 Å². The van der Waals surface area contributed by atoms with Gasteiger partial charge in [0.1, 0.15) is 5.82 Å². The SMILES string of the molecule is CCCNC(c1cccc(C)c1F)C(C)C. The van der Waals surface area contributed by atoms with Crippen molar-refractivity contribution in [1.29, 1.82) is 0 Å². The van der Waals surface area contributed by atoms with Gasteiger partial charge in [0.15, 0.2) is 0 Å². The lowest BCUT2D eigenvalue weighted by Gasteiger charge is -2.23. The molecule has 0 aliphatic heterocycles. The van der Waals surface area contributed by atoms with Crippen molar-refractivity contribution in [2.24, 2.45) is 5.92 Å². The Hall–Kier alpha value is -0.890. The molecule has 1 aromatic carbocycles. The third-order valence-corrected chi connectivity index (χ3v) is 2.84. The highest BCUT2D eigenvalue weighted by atomic mass is 19.1. The molecule has 0 bridgehead atoms. The fourth-order valence-electron chi connectivity index (χ4n) is 1.91. The van der Waals surface area contributed by atoms with Crippen molar-refractivity contribution in [2.75, 3.05) is 6.54 Å². The van der Waals surface area contributed by atoms with Crippen molar-refractivity contribution in [2.45, 2.75) is 40.2 Å². The predicted octanol–water partition coefficient (Wildman–Crippen LogP) is 3.83. The number of rotatable bonds is 5. The summed E-state index contributed by atoms with van der Waals surface area (Å²) in [5.74, 6) is 0.327. The van der Waals surface area contributed by atoms with E-state index in [1.54, 1.807) is 0 Å². The summed E-state index contributed by atoms with van der Waals surface area (Å²) < 4.78 is 14.0. The second-order valence-electron chi connectivity index (χ2n) is 4.65. The molecule has 0 radical (unpaired) electrons. The average molecular weight is 223 g/mol. The second kappa shape index (κ2) is 6.00. The van der Waals surface area contributed by atoms with Crippen LogP contribution in [0.1, 0.15) is 44.4 Å². The van der Waals surface area contributed by atoms with E-state index in [0.29, 0.717) is 5.92 Å². The topological polar surface area (TPSA) is 12.0 Å². The van der Waals surface area contributed by atoms with Crippen LogP contribution in [-0.2, 0) is 0 Å². The fraction of sp³-hybridized carbons (Fsp3) is 0.571. The van der Waals surface area contributed by atoms with E-state index in [-0.39, 0.29) is 11.9 Å². The van der Waals surface area contributed by atoms with Crippen LogP contribution in [0.4, 0.5) is 4.39 Å². The van der Waals surface area contributed by atoms with E-state index in [0.717, 1.165) is 24.1 Å². The van der Waals surface area contributed by atoms with Crippen molar-refractivity contribution in [1.82, 2.24) is 5.32 Å². The Morgan fingerprint density at radius 3 is 2.56 bits per heavy atom. The highest BCUT2D eigenvalue weighted by Crippen LogP contribution is 2.25. The first kappa shape index (κ1) is 13.2. The zero-order chi connectivity index (χ0) is 12.1. The van der Waals surface area contributed by atoms with E-state index in [1.807, 2.05) is 25.1 Å². The summed E-state index contributed by atoms with van der Waals surface area (Å²) in [6.45, 7) is 9.10. The number of aryl methyl sites for hydroxylation is 1. The molecular weight excluding hydrogens is 201 g/mol. The van der Waals surface area contributed by atoms with Crippen molar-refractivity contribution in [3.63, 3.8) is 0 Å². The summed E-state index contributed by atoms with van der Waals surface area (Å²) >= 11 is 0. The highest BCUT2D eigenvalue weighted by Gasteiger charge is 2.19. The molecule has 16 heavy (non-hydrogen) atoms. The molecule has 0 aliphatic rings. The van der Waals surface area contributed by atoms with Crippen LogP contribution in [0.3, 0.4) is 0 Å². The third kappa shape index (κ3) is 3.05. The molecule has 2 heteroatoms. The van der Waals surface area contributed by atoms with Gasteiger partial charge in [-0.3, -0.25) is 0 Å². The average Bonchev–Trinajstić information content (AvgIpc) is 2.24. The molecule has 0 amide bonds. The van der Waals surface area contributed by atoms with Crippen LogP contribution in [0.2, 0.25) is 0 Å². The molecule has 0 aliphatic carbocycles. The minimum Gasteiger partial charge on any atom is -0.310 e. The van der Waals surface area contributed by atoms with Gasteiger partial charge in [-0.25, -0.2) is 4.39 Å². The van der Waals surface area contributed by atoms with Gasteiger partial charge in [-0.2, -0.15) is 0 Å². The molecule has 1 aromatic rings. The molecule has 0 saturated heterocycles. The molecule has 0 saturated carbocycles. The van der Waals surface area contributed by atoms with E-state index in [4.69, 9.17) is 0 Å². The molecule has 1 atom stereocenters. The lowest BCUT2D eigenvalue weighted by atomic mass is 9.94. The zero-order valence-electron chi connectivity index (χ0n) is 10.7. The monoisotopic (exact) mass is 223 g/mol. The summed E-state index contributed by atoms with van der Waals surface area (Å²) in [4.78, 5) is 0. The van der Waals surface area contributed by atoms with Crippen molar-refractivity contribution >= 4 is 0 Å².